The first kappa shape index (κ1) is 28.9. The van der Waals surface area contributed by atoms with E-state index in [1.54, 1.807) is 4.57 Å². The van der Waals surface area contributed by atoms with Gasteiger partial charge in [0.2, 0.25) is 5.95 Å². The van der Waals surface area contributed by atoms with E-state index in [1.165, 1.54) is 5.56 Å². The number of aliphatic hydroxyl groups is 1. The van der Waals surface area contributed by atoms with E-state index in [1.807, 2.05) is 68.6 Å². The largest absolute Gasteiger partial charge is 0.393 e. The Morgan fingerprint density at radius 2 is 1.84 bits per heavy atom. The van der Waals surface area contributed by atoms with Crippen molar-refractivity contribution in [2.24, 2.45) is 0 Å². The Morgan fingerprint density at radius 3 is 2.60 bits per heavy atom. The molecular weight excluding hydrogens is 538 g/mol. The molecule has 2 aliphatic rings. The molecule has 1 saturated heterocycles. The smallest absolute Gasteiger partial charge is 0.278 e. The minimum absolute atomic E-state index is 0.0169. The standard InChI is InChI=1S/C34H41N7O2/c1-24-11-20-41(29-6-4-5-28(21-29)38(2)3)33(43)32(24)40-19-15-31-26(23-40)22-35-34(37-31)36-27-9-7-25(8-10-27)12-16-39-17-13-30(42)14-18-39/h4-11,20-22,30,42H,12-19,23H2,1-3H3,(H,35,36,37). The molecule has 0 atom stereocenters. The molecule has 0 amide bonds. The van der Waals surface area contributed by atoms with E-state index in [0.29, 0.717) is 19.0 Å². The van der Waals surface area contributed by atoms with Gasteiger partial charge < -0.3 is 25.1 Å². The number of nitrogens with zero attached hydrogens (tertiary/aromatic N) is 6. The number of hydrogen-bond acceptors (Lipinski definition) is 8. The Labute approximate surface area is 253 Å². The normalized spacial score (nSPS) is 15.8. The zero-order valence-corrected chi connectivity index (χ0v) is 25.3. The van der Waals surface area contributed by atoms with Crippen molar-refractivity contribution < 1.29 is 5.11 Å². The van der Waals surface area contributed by atoms with E-state index in [-0.39, 0.29) is 11.7 Å². The van der Waals surface area contributed by atoms with Crippen molar-refractivity contribution in [3.05, 3.63) is 99.7 Å². The van der Waals surface area contributed by atoms with Gasteiger partial charge in [0.25, 0.3) is 5.56 Å². The fourth-order valence-corrected chi connectivity index (χ4v) is 6.01. The molecule has 9 heteroatoms. The number of benzene rings is 2. The molecule has 0 saturated carbocycles. The van der Waals surface area contributed by atoms with Gasteiger partial charge in [0.15, 0.2) is 0 Å². The first-order valence-corrected chi connectivity index (χ1v) is 15.2. The van der Waals surface area contributed by atoms with Crippen molar-refractivity contribution in [3.63, 3.8) is 0 Å². The summed E-state index contributed by atoms with van der Waals surface area (Å²) in [4.78, 5) is 29.8. The van der Waals surface area contributed by atoms with Gasteiger partial charge in [-0.25, -0.2) is 9.97 Å². The van der Waals surface area contributed by atoms with Crippen LogP contribution in [0.3, 0.4) is 0 Å². The van der Waals surface area contributed by atoms with Crippen molar-refractivity contribution in [1.29, 1.82) is 0 Å². The molecule has 224 valence electrons. The molecule has 2 N–H and O–H groups in total. The third-order valence-corrected chi connectivity index (χ3v) is 8.63. The van der Waals surface area contributed by atoms with Crippen molar-refractivity contribution in [1.82, 2.24) is 19.4 Å². The summed E-state index contributed by atoms with van der Waals surface area (Å²) in [5, 5.41) is 13.1. The number of likely N-dealkylation sites (tertiary alicyclic amines) is 1. The predicted molar refractivity (Wildman–Crippen MR) is 173 cm³/mol. The van der Waals surface area contributed by atoms with E-state index >= 15 is 0 Å². The third kappa shape index (κ3) is 6.58. The number of anilines is 4. The van der Waals surface area contributed by atoms with Crippen molar-refractivity contribution in [3.8, 4) is 5.69 Å². The number of pyridine rings is 1. The molecule has 43 heavy (non-hydrogen) atoms. The van der Waals surface area contributed by atoms with Gasteiger partial charge in [-0.3, -0.25) is 9.36 Å². The topological polar surface area (TPSA) is 89.8 Å². The quantitative estimate of drug-likeness (QED) is 0.319. The summed E-state index contributed by atoms with van der Waals surface area (Å²) in [6, 6.07) is 18.5. The molecule has 6 rings (SSSR count). The molecule has 2 aromatic heterocycles. The Morgan fingerprint density at radius 1 is 1.05 bits per heavy atom. The van der Waals surface area contributed by atoms with Crippen LogP contribution >= 0.6 is 0 Å². The molecule has 9 nitrogen and oxygen atoms in total. The van der Waals surface area contributed by atoms with Crippen LogP contribution in [0, 0.1) is 6.92 Å². The van der Waals surface area contributed by atoms with Gasteiger partial charge in [-0.1, -0.05) is 18.2 Å². The van der Waals surface area contributed by atoms with Crippen LogP contribution < -0.4 is 20.7 Å². The SMILES string of the molecule is Cc1ccn(-c2cccc(N(C)C)c2)c(=O)c1N1CCc2nc(Nc3ccc(CCN4CCC(O)CC4)cc3)ncc2C1. The number of nitrogens with one attached hydrogen (secondary N) is 1. The molecular formula is C34H41N7O2. The molecule has 0 unspecified atom stereocenters. The summed E-state index contributed by atoms with van der Waals surface area (Å²) in [5.41, 5.74) is 7.89. The maximum Gasteiger partial charge on any atom is 0.278 e. The second-order valence-corrected chi connectivity index (χ2v) is 11.9. The highest BCUT2D eigenvalue weighted by Crippen LogP contribution is 2.26. The zero-order valence-electron chi connectivity index (χ0n) is 25.3. The van der Waals surface area contributed by atoms with Gasteiger partial charge >= 0.3 is 0 Å². The Bertz CT molecular complexity index is 1630. The molecule has 2 aromatic carbocycles. The lowest BCUT2D eigenvalue weighted by Crippen LogP contribution is -2.37. The highest BCUT2D eigenvalue weighted by atomic mass is 16.3. The first-order chi connectivity index (χ1) is 20.8. The molecule has 0 radical (unpaired) electrons. The Hall–Kier alpha value is -4.21. The Kier molecular flexibility index (Phi) is 8.44. The van der Waals surface area contributed by atoms with Gasteiger partial charge in [0.05, 0.1) is 17.5 Å². The second-order valence-electron chi connectivity index (χ2n) is 11.9. The summed E-state index contributed by atoms with van der Waals surface area (Å²) >= 11 is 0. The van der Waals surface area contributed by atoms with Crippen molar-refractivity contribution >= 4 is 23.0 Å². The van der Waals surface area contributed by atoms with Crippen LogP contribution in [0.5, 0.6) is 0 Å². The summed E-state index contributed by atoms with van der Waals surface area (Å²) in [6.07, 6.45) is 7.10. The lowest BCUT2D eigenvalue weighted by Gasteiger charge is -2.31. The summed E-state index contributed by atoms with van der Waals surface area (Å²) in [6.45, 7) is 6.28. The molecule has 4 aromatic rings. The lowest BCUT2D eigenvalue weighted by molar-refractivity contribution is 0.0832. The maximum atomic E-state index is 13.8. The highest BCUT2D eigenvalue weighted by molar-refractivity contribution is 5.58. The number of fused-ring (bicyclic) bond motifs is 1. The van der Waals surface area contributed by atoms with Crippen molar-refractivity contribution in [2.45, 2.75) is 45.3 Å². The maximum absolute atomic E-state index is 13.8. The highest BCUT2D eigenvalue weighted by Gasteiger charge is 2.23. The van der Waals surface area contributed by atoms with Crippen LogP contribution in [-0.4, -0.2) is 70.9 Å². The summed E-state index contributed by atoms with van der Waals surface area (Å²) in [7, 11) is 4.00. The van der Waals surface area contributed by atoms with Crippen LogP contribution in [0.15, 0.2) is 71.8 Å². The average molecular weight is 580 g/mol. The van der Waals surface area contributed by atoms with Crippen LogP contribution in [0.1, 0.15) is 35.2 Å². The van der Waals surface area contributed by atoms with Gasteiger partial charge in [0, 0.05) is 82.6 Å². The number of hydrogen-bond donors (Lipinski definition) is 2. The fourth-order valence-electron chi connectivity index (χ4n) is 6.01. The monoisotopic (exact) mass is 579 g/mol. The molecule has 0 bridgehead atoms. The van der Waals surface area contributed by atoms with E-state index in [2.05, 4.69) is 44.4 Å². The molecule has 4 heterocycles. The Balaban J connectivity index is 1.12. The van der Waals surface area contributed by atoms with Crippen molar-refractivity contribution in [2.75, 3.05) is 55.4 Å². The lowest BCUT2D eigenvalue weighted by atomic mass is 10.1. The molecule has 1 fully saturated rings. The summed E-state index contributed by atoms with van der Waals surface area (Å²) in [5.74, 6) is 0.589. The number of aryl methyl sites for hydroxylation is 1. The van der Waals surface area contributed by atoms with Crippen LogP contribution in [-0.2, 0) is 19.4 Å². The van der Waals surface area contributed by atoms with Crippen LogP contribution in [0.4, 0.5) is 23.0 Å². The number of aliphatic hydroxyl groups excluding tert-OH is 1. The zero-order chi connectivity index (χ0) is 29.9. The fraction of sp³-hybridized carbons (Fsp3) is 0.382. The number of aromatic nitrogens is 3. The molecule has 0 aliphatic carbocycles. The molecule has 0 spiro atoms. The van der Waals surface area contributed by atoms with Gasteiger partial charge in [-0.2, -0.15) is 0 Å². The van der Waals surface area contributed by atoms with E-state index in [4.69, 9.17) is 4.98 Å². The van der Waals surface area contributed by atoms with Crippen LogP contribution in [0.25, 0.3) is 5.69 Å². The number of rotatable bonds is 8. The van der Waals surface area contributed by atoms with Gasteiger partial charge in [0.1, 0.15) is 5.69 Å². The predicted octanol–water partition coefficient (Wildman–Crippen LogP) is 4.31. The second kappa shape index (κ2) is 12.6. The number of piperidine rings is 1. The van der Waals surface area contributed by atoms with Gasteiger partial charge in [-0.05, 0) is 73.7 Å². The van der Waals surface area contributed by atoms with Crippen LogP contribution in [0.2, 0.25) is 0 Å². The first-order valence-electron chi connectivity index (χ1n) is 15.2. The third-order valence-electron chi connectivity index (χ3n) is 8.63. The van der Waals surface area contributed by atoms with E-state index < -0.39 is 0 Å². The van der Waals surface area contributed by atoms with E-state index in [9.17, 15) is 9.90 Å². The average Bonchev–Trinajstić information content (AvgIpc) is 3.01. The van der Waals surface area contributed by atoms with Gasteiger partial charge in [-0.15, -0.1) is 0 Å². The van der Waals surface area contributed by atoms with E-state index in [0.717, 1.165) is 84.9 Å². The minimum atomic E-state index is -0.130. The minimum Gasteiger partial charge on any atom is -0.393 e. The molecule has 2 aliphatic heterocycles. The summed E-state index contributed by atoms with van der Waals surface area (Å²) < 4.78 is 1.73.